The zero-order valence-electron chi connectivity index (χ0n) is 15.2. The maximum absolute atomic E-state index is 12.3. The third-order valence-electron chi connectivity index (χ3n) is 4.09. The highest BCUT2D eigenvalue weighted by molar-refractivity contribution is 5.99. The summed E-state index contributed by atoms with van der Waals surface area (Å²) in [4.78, 5) is 37.2. The zero-order valence-corrected chi connectivity index (χ0v) is 15.2. The van der Waals surface area contributed by atoms with Gasteiger partial charge in [-0.05, 0) is 42.8 Å². The number of aryl methyl sites for hydroxylation is 1. The van der Waals surface area contributed by atoms with Crippen LogP contribution in [0.15, 0.2) is 42.5 Å². The van der Waals surface area contributed by atoms with E-state index in [2.05, 4.69) is 10.6 Å². The van der Waals surface area contributed by atoms with E-state index in [4.69, 9.17) is 4.74 Å². The molecule has 3 amide bonds. The Kier molecular flexibility index (Phi) is 5.40. The molecule has 1 aliphatic heterocycles. The first-order valence-corrected chi connectivity index (χ1v) is 8.64. The molecule has 0 aliphatic carbocycles. The molecule has 0 aromatic heterocycles. The van der Waals surface area contributed by atoms with Crippen molar-refractivity contribution >= 4 is 34.8 Å². The summed E-state index contributed by atoms with van der Waals surface area (Å²) in [6.45, 7) is 3.59. The number of rotatable bonds is 5. The van der Waals surface area contributed by atoms with E-state index >= 15 is 0 Å². The minimum Gasteiger partial charge on any atom is -0.482 e. The Bertz CT molecular complexity index is 895. The number of hydrogen-bond donors (Lipinski definition) is 2. The number of nitrogens with zero attached hydrogens (tertiary/aromatic N) is 1. The number of amides is 3. The fourth-order valence-electron chi connectivity index (χ4n) is 2.87. The van der Waals surface area contributed by atoms with Gasteiger partial charge in [0.25, 0.3) is 5.91 Å². The molecule has 2 aromatic rings. The molecule has 0 radical (unpaired) electrons. The Labute approximate surface area is 157 Å². The van der Waals surface area contributed by atoms with Crippen LogP contribution in [0.3, 0.4) is 0 Å². The summed E-state index contributed by atoms with van der Waals surface area (Å²) in [6, 6.07) is 12.5. The van der Waals surface area contributed by atoms with Gasteiger partial charge in [-0.2, -0.15) is 0 Å². The normalized spacial score (nSPS) is 12.8. The van der Waals surface area contributed by atoms with Gasteiger partial charge in [0, 0.05) is 31.3 Å². The van der Waals surface area contributed by atoms with Gasteiger partial charge in [0.1, 0.15) is 5.75 Å². The summed E-state index contributed by atoms with van der Waals surface area (Å²) >= 11 is 0. The molecule has 7 nitrogen and oxygen atoms in total. The topological polar surface area (TPSA) is 87.7 Å². The van der Waals surface area contributed by atoms with E-state index in [1.807, 2.05) is 25.1 Å². The summed E-state index contributed by atoms with van der Waals surface area (Å²) in [5.41, 5.74) is 2.88. The molecule has 3 rings (SSSR count). The summed E-state index contributed by atoms with van der Waals surface area (Å²) in [7, 11) is 0. The lowest BCUT2D eigenvalue weighted by Crippen LogP contribution is -2.40. The van der Waals surface area contributed by atoms with E-state index in [0.717, 1.165) is 5.56 Å². The maximum Gasteiger partial charge on any atom is 0.265 e. The summed E-state index contributed by atoms with van der Waals surface area (Å²) in [6.07, 6.45) is 0.142. The van der Waals surface area contributed by atoms with Crippen LogP contribution in [0.5, 0.6) is 5.75 Å². The van der Waals surface area contributed by atoms with E-state index < -0.39 is 0 Å². The number of fused-ring (bicyclic) bond motifs is 1. The van der Waals surface area contributed by atoms with Crippen LogP contribution in [0.2, 0.25) is 0 Å². The van der Waals surface area contributed by atoms with E-state index in [1.54, 1.807) is 29.2 Å². The monoisotopic (exact) mass is 367 g/mol. The highest BCUT2D eigenvalue weighted by Crippen LogP contribution is 2.32. The number of carbonyl (C=O) groups is 3. The first-order chi connectivity index (χ1) is 12.9. The lowest BCUT2D eigenvalue weighted by Gasteiger charge is -2.29. The largest absolute Gasteiger partial charge is 0.482 e. The van der Waals surface area contributed by atoms with Gasteiger partial charge in [0.2, 0.25) is 11.8 Å². The van der Waals surface area contributed by atoms with Crippen LogP contribution in [0.1, 0.15) is 18.9 Å². The van der Waals surface area contributed by atoms with Gasteiger partial charge >= 0.3 is 0 Å². The molecule has 0 saturated carbocycles. The highest BCUT2D eigenvalue weighted by atomic mass is 16.5. The number of carbonyl (C=O) groups excluding carboxylic acids is 3. The Hall–Kier alpha value is -3.35. The Morgan fingerprint density at radius 2 is 1.85 bits per heavy atom. The third-order valence-corrected chi connectivity index (χ3v) is 4.09. The van der Waals surface area contributed by atoms with E-state index in [9.17, 15) is 14.4 Å². The van der Waals surface area contributed by atoms with Gasteiger partial charge < -0.3 is 20.3 Å². The molecule has 7 heteroatoms. The zero-order chi connectivity index (χ0) is 19.4. The van der Waals surface area contributed by atoms with Crippen LogP contribution >= 0.6 is 0 Å². The van der Waals surface area contributed by atoms with Crippen molar-refractivity contribution in [1.29, 1.82) is 0 Å². The summed E-state index contributed by atoms with van der Waals surface area (Å²) < 4.78 is 5.44. The second-order valence-corrected chi connectivity index (χ2v) is 6.37. The molecule has 2 N–H and O–H groups in total. The maximum atomic E-state index is 12.3. The minimum atomic E-state index is -0.219. The Morgan fingerprint density at radius 1 is 1.11 bits per heavy atom. The highest BCUT2D eigenvalue weighted by Gasteiger charge is 2.25. The second-order valence-electron chi connectivity index (χ2n) is 6.37. The number of benzene rings is 2. The van der Waals surface area contributed by atoms with Crippen molar-refractivity contribution in [2.24, 2.45) is 0 Å². The van der Waals surface area contributed by atoms with E-state index in [1.165, 1.54) is 6.92 Å². The van der Waals surface area contributed by atoms with Gasteiger partial charge in [-0.1, -0.05) is 12.1 Å². The minimum absolute atomic E-state index is 0.0313. The molecule has 1 aliphatic rings. The molecule has 140 valence electrons. The number of nitrogens with one attached hydrogen (secondary N) is 2. The van der Waals surface area contributed by atoms with Crippen molar-refractivity contribution in [2.45, 2.75) is 20.3 Å². The SMILES string of the molecule is CC(=O)Nc1cccc(NC(=O)CCN2C(=O)COc3ccc(C)cc32)c1. The van der Waals surface area contributed by atoms with Crippen molar-refractivity contribution < 1.29 is 19.1 Å². The van der Waals surface area contributed by atoms with Gasteiger partial charge in [0.15, 0.2) is 6.61 Å². The van der Waals surface area contributed by atoms with Crippen LogP contribution in [0.25, 0.3) is 0 Å². The van der Waals surface area contributed by atoms with Crippen LogP contribution in [-0.2, 0) is 14.4 Å². The van der Waals surface area contributed by atoms with Crippen LogP contribution < -0.4 is 20.3 Å². The average Bonchev–Trinajstić information content (AvgIpc) is 2.60. The van der Waals surface area contributed by atoms with Crippen LogP contribution in [0, 0.1) is 6.92 Å². The van der Waals surface area contributed by atoms with Crippen LogP contribution in [0.4, 0.5) is 17.1 Å². The van der Waals surface area contributed by atoms with Crippen molar-refractivity contribution in [3.05, 3.63) is 48.0 Å². The van der Waals surface area contributed by atoms with Gasteiger partial charge in [0.05, 0.1) is 5.69 Å². The molecule has 27 heavy (non-hydrogen) atoms. The van der Waals surface area contributed by atoms with Gasteiger partial charge in [-0.25, -0.2) is 0 Å². The van der Waals surface area contributed by atoms with Crippen molar-refractivity contribution in [2.75, 3.05) is 28.7 Å². The lowest BCUT2D eigenvalue weighted by molar-refractivity contribution is -0.121. The van der Waals surface area contributed by atoms with Crippen molar-refractivity contribution in [1.82, 2.24) is 0 Å². The number of anilines is 3. The van der Waals surface area contributed by atoms with E-state index in [-0.39, 0.29) is 37.3 Å². The third kappa shape index (κ3) is 4.63. The lowest BCUT2D eigenvalue weighted by atomic mass is 10.1. The standard InChI is InChI=1S/C20H21N3O4/c1-13-6-7-18-17(10-13)23(20(26)12-27-18)9-8-19(25)22-16-5-3-4-15(11-16)21-14(2)24/h3-7,10-11H,8-9,12H2,1-2H3,(H,21,24)(H,22,25). The smallest absolute Gasteiger partial charge is 0.265 e. The molecule has 0 saturated heterocycles. The molecule has 1 heterocycles. The van der Waals surface area contributed by atoms with Crippen molar-refractivity contribution in [3.63, 3.8) is 0 Å². The molecular weight excluding hydrogens is 346 g/mol. The summed E-state index contributed by atoms with van der Waals surface area (Å²) in [5, 5.41) is 5.45. The first kappa shape index (κ1) is 18.4. The second kappa shape index (κ2) is 7.90. The van der Waals surface area contributed by atoms with Gasteiger partial charge in [-0.3, -0.25) is 14.4 Å². The molecule has 0 bridgehead atoms. The van der Waals surface area contributed by atoms with Crippen LogP contribution in [-0.4, -0.2) is 30.9 Å². The molecule has 0 atom stereocenters. The van der Waals surface area contributed by atoms with E-state index in [0.29, 0.717) is 22.8 Å². The van der Waals surface area contributed by atoms with Crippen molar-refractivity contribution in [3.8, 4) is 5.75 Å². The Balaban J connectivity index is 1.64. The molecule has 0 unspecified atom stereocenters. The predicted molar refractivity (Wildman–Crippen MR) is 103 cm³/mol. The predicted octanol–water partition coefficient (Wildman–Crippen LogP) is 2.71. The quantitative estimate of drug-likeness (QED) is 0.851. The number of ether oxygens (including phenoxy) is 1. The summed E-state index contributed by atoms with van der Waals surface area (Å²) in [5.74, 6) is 0.0684. The fourth-order valence-corrected chi connectivity index (χ4v) is 2.87. The van der Waals surface area contributed by atoms with Gasteiger partial charge in [-0.15, -0.1) is 0 Å². The fraction of sp³-hybridized carbons (Fsp3) is 0.250. The molecule has 0 fully saturated rings. The molecular formula is C20H21N3O4. The molecule has 0 spiro atoms. The Morgan fingerprint density at radius 3 is 2.59 bits per heavy atom. The number of hydrogen-bond acceptors (Lipinski definition) is 4. The first-order valence-electron chi connectivity index (χ1n) is 8.64. The molecule has 2 aromatic carbocycles. The average molecular weight is 367 g/mol.